The Morgan fingerprint density at radius 1 is 1.38 bits per heavy atom. The lowest BCUT2D eigenvalue weighted by Crippen LogP contribution is -2.38. The van der Waals surface area contributed by atoms with Crippen LogP contribution in [0.1, 0.15) is 26.5 Å². The molecule has 2 aromatic rings. The van der Waals surface area contributed by atoms with Gasteiger partial charge in [0.15, 0.2) is 32.7 Å². The Hall–Kier alpha value is -1.87. The van der Waals surface area contributed by atoms with Gasteiger partial charge in [0.1, 0.15) is 12.2 Å². The third-order valence-electron chi connectivity index (χ3n) is 4.79. The number of aromatic nitrogens is 4. The van der Waals surface area contributed by atoms with Crippen LogP contribution in [0.15, 0.2) is 11.1 Å². The summed E-state index contributed by atoms with van der Waals surface area (Å²) < 4.78 is 54.5. The first-order chi connectivity index (χ1) is 14.8. The van der Waals surface area contributed by atoms with Gasteiger partial charge >= 0.3 is 7.60 Å². The van der Waals surface area contributed by atoms with Crippen molar-refractivity contribution in [3.05, 3.63) is 16.7 Å². The Balaban J connectivity index is 1.92. The maximum atomic E-state index is 12.1. The van der Waals surface area contributed by atoms with Crippen molar-refractivity contribution in [3.63, 3.8) is 0 Å². The summed E-state index contributed by atoms with van der Waals surface area (Å²) in [7, 11) is -7.37. The topological polar surface area (TPSA) is 209 Å². The third kappa shape index (κ3) is 5.54. The largest absolute Gasteiger partial charge is 0.374 e. The standard InChI is InChI=1S/C16H26N5O9PS/c1-8(2)29-11-9(4-5-32(26,27)7-31(23,24)25)30-15(12(11)28-3)21-6-18-10-13(21)19-16(17)20-14(10)22/h6,8-9,11-12,15H,4-5,7H2,1-3H3,(H2,23,24,25)(H3,17,19,20,22)/t9?,11-,12-,15-/m1/s1. The van der Waals surface area contributed by atoms with Crippen LogP contribution in [0.2, 0.25) is 0 Å². The molecular formula is C16H26N5O9PS. The van der Waals surface area contributed by atoms with Crippen molar-refractivity contribution < 1.29 is 37.0 Å². The molecule has 0 radical (unpaired) electrons. The quantitative estimate of drug-likeness (QED) is 0.320. The van der Waals surface area contributed by atoms with E-state index in [-0.39, 0.29) is 29.6 Å². The smallest absolute Gasteiger partial charge is 0.340 e. The molecule has 0 aliphatic carbocycles. The number of methoxy groups -OCH3 is 1. The summed E-state index contributed by atoms with van der Waals surface area (Å²) >= 11 is 0. The van der Waals surface area contributed by atoms with Gasteiger partial charge in [-0.1, -0.05) is 0 Å². The van der Waals surface area contributed by atoms with E-state index in [1.165, 1.54) is 18.0 Å². The number of sulfone groups is 1. The Kier molecular flexibility index (Phi) is 7.10. The molecule has 180 valence electrons. The number of fused-ring (bicyclic) bond motifs is 1. The average molecular weight is 495 g/mol. The summed E-state index contributed by atoms with van der Waals surface area (Å²) in [4.78, 5) is 40.6. The van der Waals surface area contributed by atoms with Gasteiger partial charge in [-0.2, -0.15) is 4.98 Å². The van der Waals surface area contributed by atoms with E-state index in [0.29, 0.717) is 0 Å². The molecule has 1 unspecified atom stereocenters. The zero-order valence-electron chi connectivity index (χ0n) is 17.6. The minimum Gasteiger partial charge on any atom is -0.374 e. The first-order valence-electron chi connectivity index (χ1n) is 9.62. The van der Waals surface area contributed by atoms with E-state index in [4.69, 9.17) is 29.7 Å². The molecule has 0 spiro atoms. The number of anilines is 1. The van der Waals surface area contributed by atoms with Crippen LogP contribution in [0.5, 0.6) is 0 Å². The molecule has 4 atom stereocenters. The van der Waals surface area contributed by atoms with Gasteiger partial charge in [-0.25, -0.2) is 13.4 Å². The first kappa shape index (κ1) is 24.8. The minimum atomic E-state index is -4.74. The zero-order valence-corrected chi connectivity index (χ0v) is 19.3. The van der Waals surface area contributed by atoms with E-state index >= 15 is 0 Å². The Morgan fingerprint density at radius 3 is 2.66 bits per heavy atom. The maximum absolute atomic E-state index is 12.1. The van der Waals surface area contributed by atoms with Crippen LogP contribution in [0, 0.1) is 0 Å². The second-order valence-corrected chi connectivity index (χ2v) is 12.0. The molecule has 3 heterocycles. The normalized spacial score (nSPS) is 24.6. The molecule has 0 aromatic carbocycles. The van der Waals surface area contributed by atoms with Crippen molar-refractivity contribution in [1.82, 2.24) is 19.5 Å². The molecular weight excluding hydrogens is 469 g/mol. The van der Waals surface area contributed by atoms with Gasteiger partial charge < -0.3 is 29.7 Å². The highest BCUT2D eigenvalue weighted by Gasteiger charge is 2.48. The molecule has 1 fully saturated rings. The monoisotopic (exact) mass is 495 g/mol. The van der Waals surface area contributed by atoms with E-state index < -0.39 is 58.8 Å². The SMILES string of the molecule is CO[C@@H]1[C@H](OC(C)C)C(CCS(=O)(=O)CP(=O)(O)O)O[C@H]1n1cnc2c(=O)[nH]c(N)nc21. The number of aromatic amines is 1. The molecule has 14 nitrogen and oxygen atoms in total. The zero-order chi connectivity index (χ0) is 23.8. The Labute approximate surface area is 183 Å². The lowest BCUT2D eigenvalue weighted by Gasteiger charge is -2.25. The van der Waals surface area contributed by atoms with Crippen LogP contribution < -0.4 is 11.3 Å². The number of hydrogen-bond acceptors (Lipinski definition) is 10. The number of imidazole rings is 1. The first-order valence-corrected chi connectivity index (χ1v) is 13.2. The number of rotatable bonds is 9. The summed E-state index contributed by atoms with van der Waals surface area (Å²) in [5, 5.41) is 0. The van der Waals surface area contributed by atoms with Crippen molar-refractivity contribution >= 4 is 34.5 Å². The summed E-state index contributed by atoms with van der Waals surface area (Å²) in [5.41, 5.74) is 4.05. The fourth-order valence-corrected chi connectivity index (χ4v) is 6.80. The van der Waals surface area contributed by atoms with Crippen LogP contribution >= 0.6 is 7.60 Å². The fourth-order valence-electron chi connectivity index (χ4n) is 3.64. The van der Waals surface area contributed by atoms with E-state index in [2.05, 4.69) is 15.0 Å². The molecule has 1 saturated heterocycles. The predicted molar refractivity (Wildman–Crippen MR) is 113 cm³/mol. The molecule has 2 aromatic heterocycles. The van der Waals surface area contributed by atoms with Gasteiger partial charge in [0.2, 0.25) is 5.95 Å². The number of hydrogen-bond donors (Lipinski definition) is 4. The molecule has 3 rings (SSSR count). The van der Waals surface area contributed by atoms with E-state index in [0.717, 1.165) is 0 Å². The second-order valence-electron chi connectivity index (χ2n) is 7.72. The summed E-state index contributed by atoms with van der Waals surface area (Å²) in [6.45, 7) is 3.58. The number of ether oxygens (including phenoxy) is 3. The summed E-state index contributed by atoms with van der Waals surface area (Å²) in [5.74, 6) is -0.648. The van der Waals surface area contributed by atoms with E-state index in [9.17, 15) is 17.8 Å². The Bertz CT molecular complexity index is 1170. The van der Waals surface area contributed by atoms with Crippen LogP contribution in [0.3, 0.4) is 0 Å². The predicted octanol–water partition coefficient (Wildman–Crippen LogP) is -0.652. The molecule has 0 bridgehead atoms. The van der Waals surface area contributed by atoms with Crippen molar-refractivity contribution in [2.45, 2.75) is 50.9 Å². The van der Waals surface area contributed by atoms with Gasteiger partial charge in [0.25, 0.3) is 5.56 Å². The van der Waals surface area contributed by atoms with Crippen molar-refractivity contribution in [3.8, 4) is 0 Å². The van der Waals surface area contributed by atoms with Crippen LogP contribution in [-0.4, -0.2) is 80.5 Å². The van der Waals surface area contributed by atoms with Gasteiger partial charge in [-0.05, 0) is 20.3 Å². The molecule has 16 heteroatoms. The Morgan fingerprint density at radius 2 is 2.06 bits per heavy atom. The number of nitrogens with one attached hydrogen (secondary N) is 1. The number of nitrogens with zero attached hydrogens (tertiary/aromatic N) is 3. The highest BCUT2D eigenvalue weighted by Crippen LogP contribution is 2.39. The van der Waals surface area contributed by atoms with E-state index in [1.54, 1.807) is 13.8 Å². The number of nitrogen functional groups attached to an aromatic ring is 1. The van der Waals surface area contributed by atoms with Gasteiger partial charge in [-0.15, -0.1) is 0 Å². The highest BCUT2D eigenvalue weighted by molar-refractivity contribution is 7.97. The van der Waals surface area contributed by atoms with Gasteiger partial charge in [-0.3, -0.25) is 18.9 Å². The minimum absolute atomic E-state index is 0.0339. The van der Waals surface area contributed by atoms with Crippen LogP contribution in [0.4, 0.5) is 5.95 Å². The molecule has 1 aliphatic rings. The molecule has 0 saturated carbocycles. The summed E-state index contributed by atoms with van der Waals surface area (Å²) in [6, 6.07) is 0. The maximum Gasteiger partial charge on any atom is 0.340 e. The van der Waals surface area contributed by atoms with Crippen LogP contribution in [0.25, 0.3) is 11.2 Å². The van der Waals surface area contributed by atoms with E-state index in [1.807, 2.05) is 0 Å². The number of nitrogens with two attached hydrogens (primary N) is 1. The lowest BCUT2D eigenvalue weighted by atomic mass is 10.1. The molecule has 0 amide bonds. The second kappa shape index (κ2) is 9.17. The molecule has 32 heavy (non-hydrogen) atoms. The van der Waals surface area contributed by atoms with Gasteiger partial charge in [0.05, 0.1) is 24.3 Å². The summed E-state index contributed by atoms with van der Waals surface area (Å²) in [6.07, 6.45) is -2.14. The molecule has 1 aliphatic heterocycles. The lowest BCUT2D eigenvalue weighted by molar-refractivity contribution is -0.0785. The van der Waals surface area contributed by atoms with Crippen molar-refractivity contribution in [1.29, 1.82) is 0 Å². The number of H-pyrrole nitrogens is 1. The molecule has 5 N–H and O–H groups in total. The highest BCUT2D eigenvalue weighted by atomic mass is 32.2. The third-order valence-corrected chi connectivity index (χ3v) is 8.57. The fraction of sp³-hybridized carbons (Fsp3) is 0.688. The van der Waals surface area contributed by atoms with Crippen molar-refractivity contribution in [2.24, 2.45) is 0 Å². The van der Waals surface area contributed by atoms with Crippen molar-refractivity contribution in [2.75, 3.05) is 24.1 Å². The van der Waals surface area contributed by atoms with Crippen LogP contribution in [-0.2, 0) is 28.6 Å². The average Bonchev–Trinajstić information content (AvgIpc) is 3.18. The van der Waals surface area contributed by atoms with Gasteiger partial charge in [0, 0.05) is 7.11 Å².